The van der Waals surface area contributed by atoms with E-state index in [1.807, 2.05) is 0 Å². The first-order valence-corrected chi connectivity index (χ1v) is 11.1. The monoisotopic (exact) mass is 401 g/mol. The summed E-state index contributed by atoms with van der Waals surface area (Å²) in [6, 6.07) is 19.4. The third-order valence-corrected chi connectivity index (χ3v) is 6.87. The van der Waals surface area contributed by atoms with E-state index in [4.69, 9.17) is 0 Å². The van der Waals surface area contributed by atoms with Gasteiger partial charge in [0, 0.05) is 56.4 Å². The van der Waals surface area contributed by atoms with E-state index >= 15 is 0 Å². The molecule has 1 saturated carbocycles. The summed E-state index contributed by atoms with van der Waals surface area (Å²) >= 11 is 0. The zero-order chi connectivity index (χ0) is 20.6. The Bertz CT molecular complexity index is 995. The van der Waals surface area contributed by atoms with E-state index in [1.165, 1.54) is 16.8 Å². The molecule has 5 rings (SSSR count). The molecule has 0 spiro atoms. The molecule has 30 heavy (non-hydrogen) atoms. The number of anilines is 1. The molecule has 4 nitrogen and oxygen atoms in total. The highest BCUT2D eigenvalue weighted by molar-refractivity contribution is 5.55. The molecule has 1 aliphatic heterocycles. The average Bonchev–Trinajstić information content (AvgIpc) is 3.22. The summed E-state index contributed by atoms with van der Waals surface area (Å²) in [7, 11) is 2.20. The lowest BCUT2D eigenvalue weighted by Gasteiger charge is -2.37. The molecule has 0 bridgehead atoms. The zero-order valence-electron chi connectivity index (χ0n) is 17.8. The molecule has 3 aromatic rings. The number of aromatic nitrogens is 1. The van der Waals surface area contributed by atoms with Crippen molar-refractivity contribution in [1.82, 2.24) is 9.47 Å². The second-order valence-corrected chi connectivity index (χ2v) is 8.95. The molecular weight excluding hydrogens is 370 g/mol. The SMILES string of the molecule is CN1CCN(c2ccccc2Cc2ccn(-c3ccc(C4(O)CCC4)cc3)c2)CC1. The molecule has 2 fully saturated rings. The van der Waals surface area contributed by atoms with Crippen LogP contribution in [-0.4, -0.2) is 47.8 Å². The Morgan fingerprint density at radius 2 is 1.63 bits per heavy atom. The topological polar surface area (TPSA) is 31.6 Å². The van der Waals surface area contributed by atoms with Gasteiger partial charge in [0.05, 0.1) is 5.60 Å². The summed E-state index contributed by atoms with van der Waals surface area (Å²) in [4.78, 5) is 4.92. The zero-order valence-corrected chi connectivity index (χ0v) is 17.8. The molecule has 0 radical (unpaired) electrons. The van der Waals surface area contributed by atoms with Crippen molar-refractivity contribution in [3.63, 3.8) is 0 Å². The Morgan fingerprint density at radius 3 is 2.33 bits per heavy atom. The molecule has 2 heterocycles. The maximum atomic E-state index is 10.5. The van der Waals surface area contributed by atoms with Gasteiger partial charge in [0.25, 0.3) is 0 Å². The van der Waals surface area contributed by atoms with Crippen LogP contribution in [0.4, 0.5) is 5.69 Å². The number of piperazine rings is 1. The highest BCUT2D eigenvalue weighted by Crippen LogP contribution is 2.41. The van der Waals surface area contributed by atoms with Crippen molar-refractivity contribution in [1.29, 1.82) is 0 Å². The van der Waals surface area contributed by atoms with Gasteiger partial charge in [0.1, 0.15) is 0 Å². The van der Waals surface area contributed by atoms with Crippen LogP contribution in [0.15, 0.2) is 67.0 Å². The van der Waals surface area contributed by atoms with Crippen LogP contribution in [0.5, 0.6) is 0 Å². The highest BCUT2D eigenvalue weighted by Gasteiger charge is 2.35. The Kier molecular flexibility index (Phi) is 5.13. The van der Waals surface area contributed by atoms with E-state index in [1.54, 1.807) is 0 Å². The van der Waals surface area contributed by atoms with Crippen molar-refractivity contribution in [2.45, 2.75) is 31.3 Å². The maximum absolute atomic E-state index is 10.5. The van der Waals surface area contributed by atoms with Gasteiger partial charge in [-0.25, -0.2) is 0 Å². The number of para-hydroxylation sites is 1. The third-order valence-electron chi connectivity index (χ3n) is 6.87. The lowest BCUT2D eigenvalue weighted by atomic mass is 9.75. The number of hydrogen-bond acceptors (Lipinski definition) is 3. The highest BCUT2D eigenvalue weighted by atomic mass is 16.3. The van der Waals surface area contributed by atoms with E-state index < -0.39 is 5.60 Å². The van der Waals surface area contributed by atoms with Crippen LogP contribution in [0.2, 0.25) is 0 Å². The fraction of sp³-hybridized carbons (Fsp3) is 0.385. The Morgan fingerprint density at radius 1 is 0.900 bits per heavy atom. The van der Waals surface area contributed by atoms with Gasteiger partial charge < -0.3 is 19.5 Å². The Hall–Kier alpha value is -2.56. The van der Waals surface area contributed by atoms with Crippen molar-refractivity contribution < 1.29 is 5.11 Å². The summed E-state index contributed by atoms with van der Waals surface area (Å²) in [5, 5.41) is 10.5. The molecule has 156 valence electrons. The molecule has 1 saturated heterocycles. The van der Waals surface area contributed by atoms with Crippen molar-refractivity contribution >= 4 is 5.69 Å². The van der Waals surface area contributed by atoms with Crippen LogP contribution in [0.3, 0.4) is 0 Å². The molecule has 2 aliphatic rings. The third kappa shape index (κ3) is 3.78. The van der Waals surface area contributed by atoms with Crippen molar-refractivity contribution in [3.05, 3.63) is 83.7 Å². The van der Waals surface area contributed by atoms with Crippen LogP contribution in [0.1, 0.15) is 36.0 Å². The lowest BCUT2D eigenvalue weighted by Crippen LogP contribution is -2.44. The second-order valence-electron chi connectivity index (χ2n) is 8.95. The van der Waals surface area contributed by atoms with E-state index in [2.05, 4.69) is 88.4 Å². The van der Waals surface area contributed by atoms with E-state index in [0.29, 0.717) is 0 Å². The van der Waals surface area contributed by atoms with Crippen molar-refractivity contribution in [2.24, 2.45) is 0 Å². The summed E-state index contributed by atoms with van der Waals surface area (Å²) in [5.41, 5.74) is 5.68. The van der Waals surface area contributed by atoms with E-state index in [0.717, 1.165) is 63.1 Å². The van der Waals surface area contributed by atoms with Crippen molar-refractivity contribution in [3.8, 4) is 5.69 Å². The minimum absolute atomic E-state index is 0.590. The predicted octanol–water partition coefficient (Wildman–Crippen LogP) is 4.19. The summed E-state index contributed by atoms with van der Waals surface area (Å²) in [6.45, 7) is 4.42. The van der Waals surface area contributed by atoms with Crippen molar-refractivity contribution in [2.75, 3.05) is 38.1 Å². The molecule has 0 amide bonds. The van der Waals surface area contributed by atoms with Gasteiger partial charge in [-0.2, -0.15) is 0 Å². The molecule has 0 unspecified atom stereocenters. The van der Waals surface area contributed by atoms with Gasteiger partial charge in [-0.3, -0.25) is 0 Å². The fourth-order valence-corrected chi connectivity index (χ4v) is 4.69. The standard InChI is InChI=1S/C26H31N3O/c1-27-15-17-28(18-16-27)25-6-3-2-5-22(25)19-21-11-14-29(20-21)24-9-7-23(8-10-24)26(30)12-4-13-26/h2-3,5-11,14,20,30H,4,12-13,15-19H2,1H3. The Labute approximate surface area is 179 Å². The van der Waals surface area contributed by atoms with E-state index in [9.17, 15) is 5.11 Å². The average molecular weight is 402 g/mol. The molecule has 1 aliphatic carbocycles. The van der Waals surface area contributed by atoms with Gasteiger partial charge >= 0.3 is 0 Å². The second kappa shape index (κ2) is 7.93. The maximum Gasteiger partial charge on any atom is 0.0896 e. The fourth-order valence-electron chi connectivity index (χ4n) is 4.69. The number of nitrogens with zero attached hydrogens (tertiary/aromatic N) is 3. The van der Waals surface area contributed by atoms with Crippen LogP contribution in [0.25, 0.3) is 5.69 Å². The number of hydrogen-bond donors (Lipinski definition) is 1. The Balaban J connectivity index is 1.32. The molecular formula is C26H31N3O. The molecule has 1 aromatic heterocycles. The van der Waals surface area contributed by atoms with E-state index in [-0.39, 0.29) is 0 Å². The minimum atomic E-state index is -0.590. The van der Waals surface area contributed by atoms with Crippen LogP contribution < -0.4 is 4.90 Å². The van der Waals surface area contributed by atoms with Gasteiger partial charge in [-0.15, -0.1) is 0 Å². The first kappa shape index (κ1) is 19.4. The summed E-state index contributed by atoms with van der Waals surface area (Å²) < 4.78 is 2.18. The number of likely N-dealkylation sites (N-methyl/N-ethyl adjacent to an activating group) is 1. The van der Waals surface area contributed by atoms with Crippen LogP contribution >= 0.6 is 0 Å². The number of aliphatic hydroxyl groups is 1. The quantitative estimate of drug-likeness (QED) is 0.696. The summed E-state index contributed by atoms with van der Waals surface area (Å²) in [5.74, 6) is 0. The molecule has 0 atom stereocenters. The largest absolute Gasteiger partial charge is 0.385 e. The van der Waals surface area contributed by atoms with Gasteiger partial charge in [-0.05, 0) is 67.3 Å². The normalized spacial score (nSPS) is 18.9. The number of rotatable bonds is 5. The van der Waals surface area contributed by atoms with Crippen LogP contribution in [-0.2, 0) is 12.0 Å². The lowest BCUT2D eigenvalue weighted by molar-refractivity contribution is -0.0387. The predicted molar refractivity (Wildman–Crippen MR) is 122 cm³/mol. The van der Waals surface area contributed by atoms with Crippen LogP contribution in [0, 0.1) is 0 Å². The van der Waals surface area contributed by atoms with Gasteiger partial charge in [0.2, 0.25) is 0 Å². The minimum Gasteiger partial charge on any atom is -0.385 e. The summed E-state index contributed by atoms with van der Waals surface area (Å²) in [6.07, 6.45) is 8.19. The van der Waals surface area contributed by atoms with Gasteiger partial charge in [-0.1, -0.05) is 30.3 Å². The molecule has 2 aromatic carbocycles. The molecule has 4 heteroatoms. The first-order chi connectivity index (χ1) is 14.6. The van der Waals surface area contributed by atoms with Gasteiger partial charge in [0.15, 0.2) is 0 Å². The molecule has 1 N–H and O–H groups in total. The number of benzene rings is 2. The smallest absolute Gasteiger partial charge is 0.0896 e. The first-order valence-electron chi connectivity index (χ1n) is 11.1.